The van der Waals surface area contributed by atoms with Crippen LogP contribution >= 0.6 is 11.3 Å². The van der Waals surface area contributed by atoms with Gasteiger partial charge in [0.15, 0.2) is 0 Å². The van der Waals surface area contributed by atoms with E-state index in [0.29, 0.717) is 17.1 Å². The lowest BCUT2D eigenvalue weighted by Gasteiger charge is -2.19. The molecule has 0 aliphatic rings. The van der Waals surface area contributed by atoms with E-state index in [1.807, 2.05) is 99.8 Å². The molecule has 0 unspecified atom stereocenters. The number of aromatic nitrogens is 1. The van der Waals surface area contributed by atoms with Gasteiger partial charge in [-0.3, -0.25) is 4.79 Å². The number of rotatable bonds is 6. The van der Waals surface area contributed by atoms with E-state index < -0.39 is 5.41 Å². The molecule has 5 heteroatoms. The van der Waals surface area contributed by atoms with E-state index in [4.69, 9.17) is 6.57 Å². The number of benzene rings is 2. The monoisotopic (exact) mass is 429 g/mol. The van der Waals surface area contributed by atoms with Gasteiger partial charge in [-0.2, -0.15) is 0 Å². The molecule has 0 amide bonds. The maximum Gasteiger partial charge on any atom is 0.222 e. The highest BCUT2D eigenvalue weighted by Gasteiger charge is 2.22. The van der Waals surface area contributed by atoms with Crippen LogP contribution < -0.4 is 4.90 Å². The summed E-state index contributed by atoms with van der Waals surface area (Å²) in [5.74, 6) is 0.169. The lowest BCUT2D eigenvalue weighted by atomic mass is 9.86. The Labute approximate surface area is 188 Å². The van der Waals surface area contributed by atoms with Gasteiger partial charge < -0.3 is 4.90 Å². The van der Waals surface area contributed by atoms with Crippen LogP contribution in [0.4, 0.5) is 5.69 Å². The molecule has 31 heavy (non-hydrogen) atoms. The maximum absolute atomic E-state index is 12.7. The van der Waals surface area contributed by atoms with Crippen molar-refractivity contribution in [2.45, 2.75) is 27.2 Å². The number of hydrogen-bond donors (Lipinski definition) is 0. The summed E-state index contributed by atoms with van der Waals surface area (Å²) in [5, 5.41) is 2.65. The van der Waals surface area contributed by atoms with Gasteiger partial charge in [-0.15, -0.1) is 11.3 Å². The normalized spacial score (nSPS) is 11.8. The van der Waals surface area contributed by atoms with Crippen molar-refractivity contribution in [3.05, 3.63) is 81.5 Å². The standard InChI is InChI=1S/C26H27N3OS/c1-26(2,3)24(30)16-20-14-21(29(5)6)13-12-19(20)15-22(27-4)25-28-23(17-31-25)18-10-8-7-9-11-18/h7-15,17H,16H2,1-3,5-6H3. The largest absolute Gasteiger partial charge is 0.378 e. The molecular weight excluding hydrogens is 402 g/mol. The van der Waals surface area contributed by atoms with Crippen molar-refractivity contribution in [2.24, 2.45) is 5.41 Å². The number of hydrogen-bond acceptors (Lipinski definition) is 4. The van der Waals surface area contributed by atoms with E-state index in [1.54, 1.807) is 0 Å². The van der Waals surface area contributed by atoms with Crippen LogP contribution in [0.1, 0.15) is 36.9 Å². The van der Waals surface area contributed by atoms with E-state index in [0.717, 1.165) is 28.1 Å². The Morgan fingerprint density at radius 3 is 2.48 bits per heavy atom. The summed E-state index contributed by atoms with van der Waals surface area (Å²) >= 11 is 1.46. The van der Waals surface area contributed by atoms with Crippen molar-refractivity contribution >= 4 is 34.6 Å². The molecule has 3 rings (SSSR count). The van der Waals surface area contributed by atoms with Crippen molar-refractivity contribution in [2.75, 3.05) is 19.0 Å². The van der Waals surface area contributed by atoms with Crippen LogP contribution in [-0.2, 0) is 11.2 Å². The summed E-state index contributed by atoms with van der Waals surface area (Å²) < 4.78 is 0. The number of ketones is 1. The van der Waals surface area contributed by atoms with Crippen molar-refractivity contribution in [1.29, 1.82) is 0 Å². The van der Waals surface area contributed by atoms with Gasteiger partial charge in [0.05, 0.1) is 12.3 Å². The molecule has 1 aromatic heterocycles. The summed E-state index contributed by atoms with van der Waals surface area (Å²) in [4.78, 5) is 23.2. The van der Waals surface area contributed by atoms with Gasteiger partial charge in [0, 0.05) is 42.6 Å². The van der Waals surface area contributed by atoms with E-state index in [2.05, 4.69) is 9.83 Å². The molecule has 0 N–H and O–H groups in total. The summed E-state index contributed by atoms with van der Waals surface area (Å²) in [6.07, 6.45) is 2.18. The minimum Gasteiger partial charge on any atom is -0.378 e. The molecule has 0 radical (unpaired) electrons. The Morgan fingerprint density at radius 2 is 1.87 bits per heavy atom. The molecule has 0 saturated heterocycles. The zero-order chi connectivity index (χ0) is 22.6. The number of thiazole rings is 1. The van der Waals surface area contributed by atoms with Gasteiger partial charge in [0.1, 0.15) is 10.8 Å². The predicted octanol–water partition coefficient (Wildman–Crippen LogP) is 6.45. The van der Waals surface area contributed by atoms with E-state index in [1.165, 1.54) is 11.3 Å². The zero-order valence-electron chi connectivity index (χ0n) is 18.6. The molecule has 0 saturated carbocycles. The molecule has 1 heterocycles. The lowest BCUT2D eigenvalue weighted by molar-refractivity contribution is -0.125. The van der Waals surface area contributed by atoms with Crippen molar-refractivity contribution in [3.63, 3.8) is 0 Å². The molecule has 2 aromatic carbocycles. The van der Waals surface area contributed by atoms with Crippen LogP contribution in [0.5, 0.6) is 0 Å². The lowest BCUT2D eigenvalue weighted by Crippen LogP contribution is -2.22. The molecular formula is C26H27N3OS. The van der Waals surface area contributed by atoms with Gasteiger partial charge in [-0.1, -0.05) is 57.2 Å². The number of carbonyl (C=O) groups is 1. The van der Waals surface area contributed by atoms with E-state index >= 15 is 0 Å². The third-order valence-corrected chi connectivity index (χ3v) is 5.90. The molecule has 0 fully saturated rings. The minimum atomic E-state index is -0.419. The molecule has 0 aliphatic heterocycles. The second-order valence-corrected chi connectivity index (χ2v) is 9.53. The van der Waals surface area contributed by atoms with Crippen molar-refractivity contribution in [1.82, 2.24) is 4.98 Å². The number of Topliss-reactive ketones (excluding diaryl/α,β-unsaturated/α-hetero) is 1. The zero-order valence-corrected chi connectivity index (χ0v) is 19.5. The summed E-state index contributed by atoms with van der Waals surface area (Å²) in [5.41, 5.74) is 4.78. The number of nitrogens with zero attached hydrogens (tertiary/aromatic N) is 3. The topological polar surface area (TPSA) is 37.6 Å². The van der Waals surface area contributed by atoms with Crippen LogP contribution in [0, 0.1) is 12.0 Å². The average Bonchev–Trinajstić information content (AvgIpc) is 3.22. The van der Waals surface area contributed by atoms with Crippen LogP contribution in [-0.4, -0.2) is 24.9 Å². The Balaban J connectivity index is 2.01. The Kier molecular flexibility index (Phi) is 6.72. The van der Waals surface area contributed by atoms with Gasteiger partial charge in [0.2, 0.25) is 5.70 Å². The van der Waals surface area contributed by atoms with Crippen LogP contribution in [0.2, 0.25) is 0 Å². The molecule has 158 valence electrons. The Morgan fingerprint density at radius 1 is 1.16 bits per heavy atom. The highest BCUT2D eigenvalue weighted by Crippen LogP contribution is 2.30. The minimum absolute atomic E-state index is 0.169. The van der Waals surface area contributed by atoms with Gasteiger partial charge in [-0.25, -0.2) is 9.83 Å². The fourth-order valence-corrected chi connectivity index (χ4v) is 3.81. The number of carbonyl (C=O) groups excluding carboxylic acids is 1. The van der Waals surface area contributed by atoms with Crippen LogP contribution in [0.3, 0.4) is 0 Å². The molecule has 0 atom stereocenters. The SMILES string of the molecule is [C-]#[N+]C(=Cc1ccc(N(C)C)cc1CC(=O)C(C)(C)C)c1nc(-c2ccccc2)cs1. The summed E-state index contributed by atoms with van der Waals surface area (Å²) in [6, 6.07) is 16.0. The first-order valence-electron chi connectivity index (χ1n) is 10.1. The molecule has 3 aromatic rings. The third-order valence-electron chi connectivity index (χ3n) is 5.04. The van der Waals surface area contributed by atoms with Gasteiger partial charge in [0.25, 0.3) is 0 Å². The second kappa shape index (κ2) is 9.28. The van der Waals surface area contributed by atoms with Gasteiger partial charge in [-0.05, 0) is 29.3 Å². The smallest absolute Gasteiger partial charge is 0.222 e. The van der Waals surface area contributed by atoms with Crippen LogP contribution in [0.15, 0.2) is 53.9 Å². The quantitative estimate of drug-likeness (QED) is 0.423. The fourth-order valence-electron chi connectivity index (χ4n) is 3.02. The van der Waals surface area contributed by atoms with E-state index in [9.17, 15) is 4.79 Å². The predicted molar refractivity (Wildman–Crippen MR) is 131 cm³/mol. The first kappa shape index (κ1) is 22.5. The van der Waals surface area contributed by atoms with E-state index in [-0.39, 0.29) is 5.78 Å². The third kappa shape index (κ3) is 5.48. The average molecular weight is 430 g/mol. The van der Waals surface area contributed by atoms with Gasteiger partial charge >= 0.3 is 0 Å². The molecule has 0 aliphatic carbocycles. The second-order valence-electron chi connectivity index (χ2n) is 8.67. The Bertz CT molecular complexity index is 1150. The fraction of sp³-hybridized carbons (Fsp3) is 0.269. The first-order valence-corrected chi connectivity index (χ1v) is 11.0. The van der Waals surface area contributed by atoms with Crippen molar-refractivity contribution in [3.8, 4) is 11.3 Å². The Hall–Kier alpha value is -3.23. The highest BCUT2D eigenvalue weighted by molar-refractivity contribution is 7.11. The maximum atomic E-state index is 12.7. The number of anilines is 1. The highest BCUT2D eigenvalue weighted by atomic mass is 32.1. The summed E-state index contributed by atoms with van der Waals surface area (Å²) in [7, 11) is 3.96. The molecule has 0 bridgehead atoms. The molecule has 4 nitrogen and oxygen atoms in total. The summed E-state index contributed by atoms with van der Waals surface area (Å²) in [6.45, 7) is 13.5. The van der Waals surface area contributed by atoms with Crippen LogP contribution in [0.25, 0.3) is 27.9 Å². The van der Waals surface area contributed by atoms with Crippen molar-refractivity contribution < 1.29 is 4.79 Å². The first-order chi connectivity index (χ1) is 14.7. The molecule has 0 spiro atoms.